The first-order chi connectivity index (χ1) is 12.0. The molecule has 0 aliphatic heterocycles. The van der Waals surface area contributed by atoms with Gasteiger partial charge >= 0.3 is 0 Å². The lowest BCUT2D eigenvalue weighted by Gasteiger charge is -2.13. The number of carbonyl (C=O) groups is 1. The largest absolute Gasteiger partial charge is 0.377 e. The van der Waals surface area contributed by atoms with E-state index in [0.717, 1.165) is 10.9 Å². The van der Waals surface area contributed by atoms with Crippen LogP contribution in [0.25, 0.3) is 10.9 Å². The zero-order chi connectivity index (χ0) is 18.0. The fourth-order valence-electron chi connectivity index (χ4n) is 2.67. The lowest BCUT2D eigenvalue weighted by atomic mass is 10.1. The highest BCUT2D eigenvalue weighted by atomic mass is 19.1. The molecular formula is C20H19FN2O2. The second-order valence-corrected chi connectivity index (χ2v) is 5.92. The third-order valence-corrected chi connectivity index (χ3v) is 4.18. The van der Waals surface area contributed by atoms with Gasteiger partial charge in [0.1, 0.15) is 5.82 Å². The van der Waals surface area contributed by atoms with E-state index in [-0.39, 0.29) is 17.8 Å². The van der Waals surface area contributed by atoms with Crippen LogP contribution in [0.5, 0.6) is 0 Å². The molecule has 3 rings (SSSR count). The number of hydrogen-bond donors (Lipinski definition) is 1. The number of nitrogens with zero attached hydrogens (tertiary/aromatic N) is 1. The van der Waals surface area contributed by atoms with Gasteiger partial charge in [-0.05, 0) is 49.7 Å². The SMILES string of the molecule is CO[C@H](C)c1cccc(NC(=O)c2cc3ccc(F)cc3nc2C)c1. The van der Waals surface area contributed by atoms with Crippen molar-refractivity contribution in [3.05, 3.63) is 71.2 Å². The smallest absolute Gasteiger partial charge is 0.257 e. The summed E-state index contributed by atoms with van der Waals surface area (Å²) in [7, 11) is 1.64. The maximum Gasteiger partial charge on any atom is 0.257 e. The molecule has 4 nitrogen and oxygen atoms in total. The molecule has 0 spiro atoms. The number of aromatic nitrogens is 1. The number of hydrogen-bond acceptors (Lipinski definition) is 3. The molecule has 0 unspecified atom stereocenters. The summed E-state index contributed by atoms with van der Waals surface area (Å²) >= 11 is 0. The number of anilines is 1. The summed E-state index contributed by atoms with van der Waals surface area (Å²) in [5, 5.41) is 3.61. The second-order valence-electron chi connectivity index (χ2n) is 5.92. The molecule has 0 bridgehead atoms. The third-order valence-electron chi connectivity index (χ3n) is 4.18. The first-order valence-corrected chi connectivity index (χ1v) is 7.99. The standard InChI is InChI=1S/C20H19FN2O2/c1-12-18(10-15-7-8-16(21)11-19(15)22-12)20(24)23-17-6-4-5-14(9-17)13(2)25-3/h4-11,13H,1-3H3,(H,23,24)/t13-/m1/s1. The number of nitrogens with one attached hydrogen (secondary N) is 1. The Bertz CT molecular complexity index is 940. The van der Waals surface area contributed by atoms with Crippen molar-refractivity contribution < 1.29 is 13.9 Å². The van der Waals surface area contributed by atoms with E-state index >= 15 is 0 Å². The molecule has 1 aromatic heterocycles. The Morgan fingerprint density at radius 3 is 2.76 bits per heavy atom. The van der Waals surface area contributed by atoms with E-state index < -0.39 is 0 Å². The molecule has 2 aromatic carbocycles. The van der Waals surface area contributed by atoms with Crippen LogP contribution in [-0.4, -0.2) is 18.0 Å². The Balaban J connectivity index is 1.90. The fraction of sp³-hybridized carbons (Fsp3) is 0.200. The highest BCUT2D eigenvalue weighted by Crippen LogP contribution is 2.22. The van der Waals surface area contributed by atoms with Gasteiger partial charge < -0.3 is 10.1 Å². The van der Waals surface area contributed by atoms with Crippen LogP contribution >= 0.6 is 0 Å². The van der Waals surface area contributed by atoms with Crippen LogP contribution in [0.15, 0.2) is 48.5 Å². The molecule has 128 valence electrons. The molecule has 3 aromatic rings. The number of amides is 1. The number of carbonyl (C=O) groups excluding carboxylic acids is 1. The molecule has 0 saturated carbocycles. The third kappa shape index (κ3) is 3.67. The average molecular weight is 338 g/mol. The topological polar surface area (TPSA) is 51.2 Å². The number of pyridine rings is 1. The van der Waals surface area contributed by atoms with Crippen LogP contribution in [-0.2, 0) is 4.74 Å². The Hall–Kier alpha value is -2.79. The maximum atomic E-state index is 13.3. The minimum Gasteiger partial charge on any atom is -0.377 e. The quantitative estimate of drug-likeness (QED) is 0.754. The monoisotopic (exact) mass is 338 g/mol. The molecule has 25 heavy (non-hydrogen) atoms. The van der Waals surface area contributed by atoms with Crippen LogP contribution in [0.2, 0.25) is 0 Å². The van der Waals surface area contributed by atoms with Crippen LogP contribution in [0.4, 0.5) is 10.1 Å². The summed E-state index contributed by atoms with van der Waals surface area (Å²) in [6, 6.07) is 13.6. The van der Waals surface area contributed by atoms with Crippen molar-refractivity contribution in [3.63, 3.8) is 0 Å². The fourth-order valence-corrected chi connectivity index (χ4v) is 2.67. The number of ether oxygens (including phenoxy) is 1. The molecule has 0 radical (unpaired) electrons. The van der Waals surface area contributed by atoms with Crippen molar-refractivity contribution in [1.82, 2.24) is 4.98 Å². The van der Waals surface area contributed by atoms with Gasteiger partial charge in [0.2, 0.25) is 0 Å². The molecule has 0 aliphatic carbocycles. The molecule has 0 saturated heterocycles. The van der Waals surface area contributed by atoms with E-state index in [4.69, 9.17) is 4.74 Å². The highest BCUT2D eigenvalue weighted by molar-refractivity contribution is 6.06. The first-order valence-electron chi connectivity index (χ1n) is 7.99. The molecule has 1 amide bonds. The summed E-state index contributed by atoms with van der Waals surface area (Å²) in [5.41, 5.74) is 3.21. The highest BCUT2D eigenvalue weighted by Gasteiger charge is 2.13. The molecule has 5 heteroatoms. The minimum absolute atomic E-state index is 0.0594. The van der Waals surface area contributed by atoms with Gasteiger partial charge in [0.15, 0.2) is 0 Å². The Kier molecular flexibility index (Phi) is 4.76. The zero-order valence-corrected chi connectivity index (χ0v) is 14.3. The Morgan fingerprint density at radius 2 is 2.00 bits per heavy atom. The maximum absolute atomic E-state index is 13.3. The van der Waals surface area contributed by atoms with E-state index in [1.165, 1.54) is 12.1 Å². The molecule has 0 aliphatic rings. The van der Waals surface area contributed by atoms with E-state index in [2.05, 4.69) is 10.3 Å². The van der Waals surface area contributed by atoms with Crippen molar-refractivity contribution in [2.75, 3.05) is 12.4 Å². The number of methoxy groups -OCH3 is 1. The number of benzene rings is 2. The van der Waals surface area contributed by atoms with Crippen molar-refractivity contribution in [3.8, 4) is 0 Å². The summed E-state index contributed by atoms with van der Waals surface area (Å²) in [6.07, 6.45) is -0.0594. The number of fused-ring (bicyclic) bond motifs is 1. The summed E-state index contributed by atoms with van der Waals surface area (Å²) in [5.74, 6) is -0.598. The van der Waals surface area contributed by atoms with Crippen LogP contribution in [0.1, 0.15) is 34.6 Å². The van der Waals surface area contributed by atoms with Gasteiger partial charge in [0.25, 0.3) is 5.91 Å². The first kappa shape index (κ1) is 17.0. The molecule has 1 N–H and O–H groups in total. The average Bonchev–Trinajstić information content (AvgIpc) is 2.60. The summed E-state index contributed by atoms with van der Waals surface area (Å²) in [4.78, 5) is 17.0. The van der Waals surface area contributed by atoms with Crippen LogP contribution in [0, 0.1) is 12.7 Å². The van der Waals surface area contributed by atoms with E-state index in [9.17, 15) is 9.18 Å². The molecule has 1 heterocycles. The minimum atomic E-state index is -0.347. The molecular weight excluding hydrogens is 319 g/mol. The lowest BCUT2D eigenvalue weighted by Crippen LogP contribution is -2.14. The number of halogens is 1. The van der Waals surface area contributed by atoms with Crippen LogP contribution in [0.3, 0.4) is 0 Å². The van der Waals surface area contributed by atoms with Gasteiger partial charge in [-0.15, -0.1) is 0 Å². The number of aryl methyl sites for hydroxylation is 1. The lowest BCUT2D eigenvalue weighted by molar-refractivity contribution is 0.102. The van der Waals surface area contributed by atoms with Crippen molar-refractivity contribution in [2.45, 2.75) is 20.0 Å². The molecule has 0 fully saturated rings. The van der Waals surface area contributed by atoms with Gasteiger partial charge in [0.05, 0.1) is 22.9 Å². The van der Waals surface area contributed by atoms with Gasteiger partial charge in [-0.25, -0.2) is 4.39 Å². The zero-order valence-electron chi connectivity index (χ0n) is 14.3. The van der Waals surface area contributed by atoms with Crippen molar-refractivity contribution in [1.29, 1.82) is 0 Å². The van der Waals surface area contributed by atoms with E-state index in [0.29, 0.717) is 22.5 Å². The second kappa shape index (κ2) is 6.99. The van der Waals surface area contributed by atoms with E-state index in [1.54, 1.807) is 26.2 Å². The van der Waals surface area contributed by atoms with Gasteiger partial charge in [-0.3, -0.25) is 9.78 Å². The van der Waals surface area contributed by atoms with Crippen molar-refractivity contribution >= 4 is 22.5 Å². The summed E-state index contributed by atoms with van der Waals surface area (Å²) < 4.78 is 18.6. The molecule has 1 atom stereocenters. The van der Waals surface area contributed by atoms with Gasteiger partial charge in [0, 0.05) is 24.2 Å². The van der Waals surface area contributed by atoms with Crippen molar-refractivity contribution in [2.24, 2.45) is 0 Å². The Labute approximate surface area is 145 Å². The predicted octanol–water partition coefficient (Wildman–Crippen LogP) is 4.64. The van der Waals surface area contributed by atoms with Gasteiger partial charge in [-0.2, -0.15) is 0 Å². The Morgan fingerprint density at radius 1 is 1.20 bits per heavy atom. The van der Waals surface area contributed by atoms with E-state index in [1.807, 2.05) is 31.2 Å². The predicted molar refractivity (Wildman–Crippen MR) is 96.3 cm³/mol. The number of rotatable bonds is 4. The normalized spacial score (nSPS) is 12.2. The van der Waals surface area contributed by atoms with Gasteiger partial charge in [-0.1, -0.05) is 12.1 Å². The van der Waals surface area contributed by atoms with Crippen LogP contribution < -0.4 is 5.32 Å². The summed E-state index contributed by atoms with van der Waals surface area (Å²) in [6.45, 7) is 3.68.